The number of fused-ring (bicyclic) bond motifs is 2. The summed E-state index contributed by atoms with van der Waals surface area (Å²) in [7, 11) is 0. The van der Waals surface area contributed by atoms with E-state index in [4.69, 9.17) is 0 Å². The van der Waals surface area contributed by atoms with Crippen LogP contribution in [0.25, 0.3) is 11.0 Å². The molecule has 5 rings (SSSR count). The Morgan fingerprint density at radius 3 is 2.88 bits per heavy atom. The Balaban J connectivity index is 1.31. The van der Waals surface area contributed by atoms with Crippen LogP contribution in [0.4, 0.5) is 5.69 Å². The Morgan fingerprint density at radius 2 is 2.03 bits per heavy atom. The van der Waals surface area contributed by atoms with Crippen LogP contribution in [0.15, 0.2) is 55.5 Å². The maximum atomic E-state index is 13.3. The van der Waals surface area contributed by atoms with Gasteiger partial charge in [0.1, 0.15) is 12.0 Å². The Morgan fingerprint density at radius 1 is 1.15 bits per heavy atom. The van der Waals surface area contributed by atoms with E-state index in [-0.39, 0.29) is 24.3 Å². The van der Waals surface area contributed by atoms with Crippen LogP contribution >= 0.6 is 0 Å². The number of nitrogens with zero attached hydrogens (tertiary/aromatic N) is 6. The molecule has 0 radical (unpaired) electrons. The number of anilines is 1. The standard InChI is InChI=1S/C25H25N7O2/c1-16(2)32-12-21(20-11-27-15-29-25(20)32)24(34)18-8-19(10-26-9-18)30-23(33)14-31-7-5-17-4-3-6-28-22(17)13-31/h3-4,6,8-12,15-16H,5,7,13-14H2,1-2H3,(H,30,33). The van der Waals surface area contributed by atoms with Crippen LogP contribution in [0.2, 0.25) is 0 Å². The molecule has 9 nitrogen and oxygen atoms in total. The Labute approximate surface area is 196 Å². The van der Waals surface area contributed by atoms with E-state index >= 15 is 0 Å². The fourth-order valence-corrected chi connectivity index (χ4v) is 4.30. The van der Waals surface area contributed by atoms with Gasteiger partial charge in [-0.05, 0) is 38.0 Å². The van der Waals surface area contributed by atoms with E-state index in [0.717, 1.165) is 18.7 Å². The van der Waals surface area contributed by atoms with Crippen LogP contribution in [-0.2, 0) is 17.8 Å². The Bertz CT molecular complexity index is 1380. The summed E-state index contributed by atoms with van der Waals surface area (Å²) in [6.45, 7) is 5.75. The fourth-order valence-electron chi connectivity index (χ4n) is 4.30. The van der Waals surface area contributed by atoms with Crippen LogP contribution in [-0.4, -0.2) is 54.2 Å². The van der Waals surface area contributed by atoms with Crippen LogP contribution in [0.3, 0.4) is 0 Å². The van der Waals surface area contributed by atoms with E-state index in [1.807, 2.05) is 24.5 Å². The lowest BCUT2D eigenvalue weighted by Crippen LogP contribution is -2.37. The van der Waals surface area contributed by atoms with Gasteiger partial charge in [-0.3, -0.25) is 24.5 Å². The summed E-state index contributed by atoms with van der Waals surface area (Å²) in [6, 6.07) is 5.82. The van der Waals surface area contributed by atoms with Crippen molar-refractivity contribution < 1.29 is 9.59 Å². The van der Waals surface area contributed by atoms with Crippen molar-refractivity contribution in [3.63, 3.8) is 0 Å². The molecule has 0 bridgehead atoms. The second kappa shape index (κ2) is 9.11. The van der Waals surface area contributed by atoms with Crippen LogP contribution in [0.5, 0.6) is 0 Å². The molecule has 5 heterocycles. The highest BCUT2D eigenvalue weighted by molar-refractivity contribution is 6.16. The molecular weight excluding hydrogens is 430 g/mol. The summed E-state index contributed by atoms with van der Waals surface area (Å²) in [5.74, 6) is -0.350. The Hall–Kier alpha value is -3.98. The number of hydrogen-bond donors (Lipinski definition) is 1. The molecule has 1 aliphatic heterocycles. The van der Waals surface area contributed by atoms with Gasteiger partial charge in [0.2, 0.25) is 5.91 Å². The smallest absolute Gasteiger partial charge is 0.238 e. The summed E-state index contributed by atoms with van der Waals surface area (Å²) in [4.78, 5) is 45.1. The largest absolute Gasteiger partial charge is 0.329 e. The predicted octanol–water partition coefficient (Wildman–Crippen LogP) is 3.03. The second-order valence-electron chi connectivity index (χ2n) is 8.71. The molecule has 1 N–H and O–H groups in total. The van der Waals surface area contributed by atoms with E-state index in [2.05, 4.69) is 36.2 Å². The van der Waals surface area contributed by atoms with Crippen molar-refractivity contribution in [2.75, 3.05) is 18.4 Å². The highest BCUT2D eigenvalue weighted by Gasteiger charge is 2.21. The van der Waals surface area contributed by atoms with Gasteiger partial charge in [0.05, 0.1) is 29.7 Å². The molecule has 0 fully saturated rings. The van der Waals surface area contributed by atoms with Crippen molar-refractivity contribution in [3.8, 4) is 0 Å². The minimum atomic E-state index is -0.193. The highest BCUT2D eigenvalue weighted by Crippen LogP contribution is 2.25. The number of carbonyl (C=O) groups excluding carboxylic acids is 2. The summed E-state index contributed by atoms with van der Waals surface area (Å²) in [6.07, 6.45) is 10.6. The van der Waals surface area contributed by atoms with Gasteiger partial charge >= 0.3 is 0 Å². The number of rotatable bonds is 6. The van der Waals surface area contributed by atoms with E-state index < -0.39 is 0 Å². The van der Waals surface area contributed by atoms with E-state index in [1.165, 1.54) is 18.1 Å². The molecular formula is C25H25N7O2. The SMILES string of the molecule is CC(C)n1cc(C(=O)c2cncc(NC(=O)CN3CCc4cccnc4C3)c2)c2cncnc21. The molecule has 4 aromatic heterocycles. The van der Waals surface area contributed by atoms with Gasteiger partial charge in [-0.15, -0.1) is 0 Å². The van der Waals surface area contributed by atoms with Crippen molar-refractivity contribution in [2.45, 2.75) is 32.9 Å². The van der Waals surface area contributed by atoms with Gasteiger partial charge in [-0.2, -0.15) is 0 Å². The molecule has 1 amide bonds. The zero-order valence-electron chi connectivity index (χ0n) is 19.1. The third-order valence-electron chi connectivity index (χ3n) is 6.00. The first-order valence-electron chi connectivity index (χ1n) is 11.2. The zero-order chi connectivity index (χ0) is 23.7. The van der Waals surface area contributed by atoms with Crippen LogP contribution in [0.1, 0.15) is 47.1 Å². The predicted molar refractivity (Wildman–Crippen MR) is 127 cm³/mol. The van der Waals surface area contributed by atoms with E-state index in [0.29, 0.717) is 34.4 Å². The number of aromatic nitrogens is 5. The van der Waals surface area contributed by atoms with Crippen LogP contribution in [0, 0.1) is 0 Å². The normalized spacial score (nSPS) is 13.7. The average molecular weight is 456 g/mol. The number of hydrogen-bond acceptors (Lipinski definition) is 7. The summed E-state index contributed by atoms with van der Waals surface area (Å²) in [5.41, 5.74) is 4.34. The van der Waals surface area contributed by atoms with Crippen molar-refractivity contribution in [1.82, 2.24) is 29.4 Å². The van der Waals surface area contributed by atoms with Gasteiger partial charge < -0.3 is 9.88 Å². The summed E-state index contributed by atoms with van der Waals surface area (Å²) >= 11 is 0. The lowest BCUT2D eigenvalue weighted by atomic mass is 10.1. The molecule has 4 aromatic rings. The lowest BCUT2D eigenvalue weighted by molar-refractivity contribution is -0.117. The van der Waals surface area contributed by atoms with E-state index in [9.17, 15) is 9.59 Å². The molecule has 0 atom stereocenters. The van der Waals surface area contributed by atoms with E-state index in [1.54, 1.807) is 30.9 Å². The maximum absolute atomic E-state index is 13.3. The average Bonchev–Trinajstić information content (AvgIpc) is 3.24. The minimum absolute atomic E-state index is 0.139. The van der Waals surface area contributed by atoms with Crippen molar-refractivity contribution in [2.24, 2.45) is 0 Å². The first-order valence-corrected chi connectivity index (χ1v) is 11.2. The molecule has 0 saturated carbocycles. The summed E-state index contributed by atoms with van der Waals surface area (Å²) < 4.78 is 1.95. The molecule has 0 saturated heterocycles. The van der Waals surface area contributed by atoms with Gasteiger partial charge in [-0.25, -0.2) is 9.97 Å². The maximum Gasteiger partial charge on any atom is 0.238 e. The monoisotopic (exact) mass is 455 g/mol. The highest BCUT2D eigenvalue weighted by atomic mass is 16.2. The molecule has 0 aromatic carbocycles. The molecule has 34 heavy (non-hydrogen) atoms. The van der Waals surface area contributed by atoms with Crippen molar-refractivity contribution in [1.29, 1.82) is 0 Å². The number of nitrogens with one attached hydrogen (secondary N) is 1. The minimum Gasteiger partial charge on any atom is -0.329 e. The molecule has 172 valence electrons. The zero-order valence-corrected chi connectivity index (χ0v) is 19.1. The summed E-state index contributed by atoms with van der Waals surface area (Å²) in [5, 5.41) is 3.56. The second-order valence-corrected chi connectivity index (χ2v) is 8.71. The van der Waals surface area contributed by atoms with Crippen molar-refractivity contribution >= 4 is 28.4 Å². The van der Waals surface area contributed by atoms with Gasteiger partial charge in [0, 0.05) is 54.9 Å². The molecule has 0 aliphatic carbocycles. The number of carbonyl (C=O) groups is 2. The van der Waals surface area contributed by atoms with Gasteiger partial charge in [0.25, 0.3) is 0 Å². The van der Waals surface area contributed by atoms with Crippen LogP contribution < -0.4 is 5.32 Å². The number of ketones is 1. The van der Waals surface area contributed by atoms with Crippen molar-refractivity contribution in [3.05, 3.63) is 77.9 Å². The third-order valence-corrected chi connectivity index (χ3v) is 6.00. The molecule has 0 spiro atoms. The Kier molecular flexibility index (Phi) is 5.85. The molecule has 1 aliphatic rings. The number of pyridine rings is 2. The lowest BCUT2D eigenvalue weighted by Gasteiger charge is -2.27. The number of amides is 1. The first kappa shape index (κ1) is 21.8. The molecule has 0 unspecified atom stereocenters. The van der Waals surface area contributed by atoms with Gasteiger partial charge in [-0.1, -0.05) is 6.07 Å². The fraction of sp³-hybridized carbons (Fsp3) is 0.280. The third kappa shape index (κ3) is 4.29. The quantitative estimate of drug-likeness (QED) is 0.446. The topological polar surface area (TPSA) is 106 Å². The molecule has 9 heteroatoms. The first-order chi connectivity index (χ1) is 16.5. The van der Waals surface area contributed by atoms with Gasteiger partial charge in [0.15, 0.2) is 5.78 Å².